The van der Waals surface area contributed by atoms with E-state index in [9.17, 15) is 0 Å². The number of fused-ring (bicyclic) bond motifs is 4. The van der Waals surface area contributed by atoms with Crippen molar-refractivity contribution in [3.63, 3.8) is 0 Å². The fraction of sp³-hybridized carbons (Fsp3) is 0. The van der Waals surface area contributed by atoms with Crippen molar-refractivity contribution in [1.29, 1.82) is 0 Å². The Balaban J connectivity index is 1.04. The third-order valence-corrected chi connectivity index (χ3v) is 10.8. The Morgan fingerprint density at radius 1 is 0.214 bits per heavy atom. The summed E-state index contributed by atoms with van der Waals surface area (Å²) in [7, 11) is 0. The quantitative estimate of drug-likeness (QED) is 0.145. The van der Waals surface area contributed by atoms with Crippen LogP contribution in [0.15, 0.2) is 231 Å². The fourth-order valence-corrected chi connectivity index (χ4v) is 8.09. The average Bonchev–Trinajstić information content (AvgIpc) is 3.28. The molecule has 0 atom stereocenters. The molecule has 0 radical (unpaired) electrons. The smallest absolute Gasteiger partial charge is 0.0546 e. The van der Waals surface area contributed by atoms with Gasteiger partial charge in [-0.3, -0.25) is 0 Å². The van der Waals surface area contributed by atoms with Gasteiger partial charge in [-0.2, -0.15) is 0 Å². The summed E-state index contributed by atoms with van der Waals surface area (Å²) in [5, 5.41) is 7.38. The van der Waals surface area contributed by atoms with E-state index in [1.54, 1.807) is 0 Å². The van der Waals surface area contributed by atoms with E-state index >= 15 is 0 Å². The molecule has 10 aromatic rings. The highest BCUT2D eigenvalue weighted by atomic mass is 15.1. The molecule has 2 nitrogen and oxygen atoms in total. The van der Waals surface area contributed by atoms with Crippen LogP contribution in [-0.4, -0.2) is 0 Å². The second kappa shape index (κ2) is 14.4. The van der Waals surface area contributed by atoms with Gasteiger partial charge in [-0.25, -0.2) is 0 Å². The highest BCUT2D eigenvalue weighted by Gasteiger charge is 2.19. The summed E-state index contributed by atoms with van der Waals surface area (Å²) in [5.74, 6) is 0. The Labute approximate surface area is 327 Å². The Hall–Kier alpha value is -7.42. The van der Waals surface area contributed by atoms with Crippen LogP contribution in [0, 0.1) is 0 Å². The highest BCUT2D eigenvalue weighted by Crippen LogP contribution is 2.44. The van der Waals surface area contributed by atoms with Crippen molar-refractivity contribution in [2.75, 3.05) is 9.80 Å². The van der Waals surface area contributed by atoms with E-state index in [0.717, 1.165) is 34.1 Å². The Morgan fingerprint density at radius 3 is 1.20 bits per heavy atom. The SMILES string of the molecule is c1ccc(-c2ccc(N(c3ccc(-c4ccc(N(c5ccccc5)c5cccc6ccccc56)cc4)cc3)c3cc4ccccc4c4ccccc34)cc2)cc1. The normalized spacial score (nSPS) is 11.2. The molecular weight excluding hydrogens is 677 g/mol. The van der Waals surface area contributed by atoms with Crippen LogP contribution in [-0.2, 0) is 0 Å². The summed E-state index contributed by atoms with van der Waals surface area (Å²) >= 11 is 0. The molecule has 0 aliphatic carbocycles. The number of hydrogen-bond acceptors (Lipinski definition) is 2. The van der Waals surface area contributed by atoms with Crippen LogP contribution in [0.2, 0.25) is 0 Å². The molecule has 2 heteroatoms. The molecule has 0 aliphatic rings. The van der Waals surface area contributed by atoms with Crippen LogP contribution < -0.4 is 9.80 Å². The first kappa shape index (κ1) is 33.2. The van der Waals surface area contributed by atoms with Crippen LogP contribution in [0.5, 0.6) is 0 Å². The van der Waals surface area contributed by atoms with Crippen LogP contribution >= 0.6 is 0 Å². The molecule has 0 spiro atoms. The van der Waals surface area contributed by atoms with Gasteiger partial charge in [0.15, 0.2) is 0 Å². The molecule has 264 valence electrons. The number of hydrogen-bond donors (Lipinski definition) is 0. The second-order valence-electron chi connectivity index (χ2n) is 14.2. The van der Waals surface area contributed by atoms with E-state index in [-0.39, 0.29) is 0 Å². The number of para-hydroxylation sites is 1. The van der Waals surface area contributed by atoms with Crippen molar-refractivity contribution in [2.24, 2.45) is 0 Å². The van der Waals surface area contributed by atoms with E-state index in [1.807, 2.05) is 0 Å². The first-order chi connectivity index (χ1) is 27.8. The molecule has 0 amide bonds. The lowest BCUT2D eigenvalue weighted by atomic mass is 9.98. The van der Waals surface area contributed by atoms with Crippen molar-refractivity contribution in [2.45, 2.75) is 0 Å². The number of anilines is 6. The topological polar surface area (TPSA) is 6.48 Å². The summed E-state index contributed by atoms with van der Waals surface area (Å²) in [6.07, 6.45) is 0. The monoisotopic (exact) mass is 714 g/mol. The van der Waals surface area contributed by atoms with Gasteiger partial charge in [-0.05, 0) is 104 Å². The van der Waals surface area contributed by atoms with Crippen molar-refractivity contribution in [3.8, 4) is 22.3 Å². The third-order valence-electron chi connectivity index (χ3n) is 10.8. The molecule has 10 rings (SSSR count). The maximum absolute atomic E-state index is 2.40. The van der Waals surface area contributed by atoms with Gasteiger partial charge in [-0.15, -0.1) is 0 Å². The zero-order valence-electron chi connectivity index (χ0n) is 30.8. The lowest BCUT2D eigenvalue weighted by molar-refractivity contribution is 1.29. The number of nitrogens with zero attached hydrogens (tertiary/aromatic N) is 2. The molecule has 0 aliphatic heterocycles. The van der Waals surface area contributed by atoms with E-state index in [4.69, 9.17) is 0 Å². The molecule has 56 heavy (non-hydrogen) atoms. The van der Waals surface area contributed by atoms with E-state index in [1.165, 1.54) is 54.6 Å². The molecule has 0 saturated carbocycles. The Morgan fingerprint density at radius 2 is 0.607 bits per heavy atom. The average molecular weight is 715 g/mol. The maximum Gasteiger partial charge on any atom is 0.0546 e. The number of benzene rings is 10. The zero-order valence-corrected chi connectivity index (χ0v) is 30.8. The van der Waals surface area contributed by atoms with Crippen LogP contribution in [0.25, 0.3) is 54.6 Å². The molecule has 0 saturated heterocycles. The summed E-state index contributed by atoms with van der Waals surface area (Å²) in [4.78, 5) is 4.75. The van der Waals surface area contributed by atoms with Gasteiger partial charge in [0, 0.05) is 33.5 Å². The Bertz CT molecular complexity index is 2930. The summed E-state index contributed by atoms with van der Waals surface area (Å²) in [5.41, 5.74) is 11.5. The zero-order chi connectivity index (χ0) is 37.3. The maximum atomic E-state index is 2.40. The molecule has 0 heterocycles. The van der Waals surface area contributed by atoms with Gasteiger partial charge in [0.1, 0.15) is 0 Å². The lowest BCUT2D eigenvalue weighted by Crippen LogP contribution is -2.10. The van der Waals surface area contributed by atoms with Crippen LogP contribution in [0.1, 0.15) is 0 Å². The third kappa shape index (κ3) is 6.14. The second-order valence-corrected chi connectivity index (χ2v) is 14.2. The standard InChI is InChI=1S/C54H38N2/c1-3-14-39(15-4-1)40-26-34-47(35-27-40)56(54-38-44-17-8-9-21-49(44)51-23-11-12-24-52(51)54)48-36-30-42(31-37-48)41-28-32-46(33-29-41)55(45-19-5-2-6-20-45)53-25-13-18-43-16-7-10-22-50(43)53/h1-38H. The molecular formula is C54H38N2. The molecule has 0 N–H and O–H groups in total. The summed E-state index contributed by atoms with van der Waals surface area (Å²) in [6, 6.07) is 83.0. The molecule has 0 aromatic heterocycles. The predicted molar refractivity (Wildman–Crippen MR) is 239 cm³/mol. The van der Waals surface area contributed by atoms with Crippen LogP contribution in [0.3, 0.4) is 0 Å². The fourth-order valence-electron chi connectivity index (χ4n) is 8.09. The highest BCUT2D eigenvalue weighted by molar-refractivity contribution is 6.14. The molecule has 0 unspecified atom stereocenters. The van der Waals surface area contributed by atoms with Gasteiger partial charge in [0.2, 0.25) is 0 Å². The van der Waals surface area contributed by atoms with E-state index < -0.39 is 0 Å². The van der Waals surface area contributed by atoms with E-state index in [0.29, 0.717) is 0 Å². The van der Waals surface area contributed by atoms with Crippen molar-refractivity contribution in [1.82, 2.24) is 0 Å². The van der Waals surface area contributed by atoms with Crippen molar-refractivity contribution < 1.29 is 0 Å². The van der Waals surface area contributed by atoms with Crippen molar-refractivity contribution >= 4 is 66.4 Å². The molecule has 0 bridgehead atoms. The first-order valence-electron chi connectivity index (χ1n) is 19.2. The van der Waals surface area contributed by atoms with Gasteiger partial charge < -0.3 is 9.80 Å². The van der Waals surface area contributed by atoms with Gasteiger partial charge in [0.05, 0.1) is 11.4 Å². The van der Waals surface area contributed by atoms with Crippen LogP contribution in [0.4, 0.5) is 34.1 Å². The van der Waals surface area contributed by atoms with Gasteiger partial charge in [-0.1, -0.05) is 170 Å². The largest absolute Gasteiger partial charge is 0.310 e. The lowest BCUT2D eigenvalue weighted by Gasteiger charge is -2.28. The van der Waals surface area contributed by atoms with Gasteiger partial charge >= 0.3 is 0 Å². The summed E-state index contributed by atoms with van der Waals surface area (Å²) < 4.78 is 0. The summed E-state index contributed by atoms with van der Waals surface area (Å²) in [6.45, 7) is 0. The minimum atomic E-state index is 1.10. The van der Waals surface area contributed by atoms with Crippen molar-refractivity contribution in [3.05, 3.63) is 231 Å². The van der Waals surface area contributed by atoms with E-state index in [2.05, 4.69) is 240 Å². The number of rotatable bonds is 8. The minimum Gasteiger partial charge on any atom is -0.310 e. The predicted octanol–water partition coefficient (Wildman–Crippen LogP) is 15.4. The first-order valence-corrected chi connectivity index (χ1v) is 19.2. The molecule has 0 fully saturated rings. The molecule has 10 aromatic carbocycles. The van der Waals surface area contributed by atoms with Gasteiger partial charge in [0.25, 0.3) is 0 Å². The Kier molecular flexibility index (Phi) is 8.55. The minimum absolute atomic E-state index is 1.10.